The summed E-state index contributed by atoms with van der Waals surface area (Å²) < 4.78 is 44.5. The summed E-state index contributed by atoms with van der Waals surface area (Å²) in [6.07, 6.45) is 0. The molecule has 29 heavy (non-hydrogen) atoms. The normalized spacial score (nSPS) is 12.4. The lowest BCUT2D eigenvalue weighted by molar-refractivity contribution is -0.133. The van der Waals surface area contributed by atoms with Crippen LogP contribution in [0.15, 0.2) is 42.5 Å². The van der Waals surface area contributed by atoms with E-state index in [1.54, 1.807) is 25.2 Å². The van der Waals surface area contributed by atoms with E-state index in [-0.39, 0.29) is 17.9 Å². The van der Waals surface area contributed by atoms with Crippen LogP contribution >= 0.6 is 0 Å². The van der Waals surface area contributed by atoms with Crippen LogP contribution in [0.1, 0.15) is 15.9 Å². The van der Waals surface area contributed by atoms with Crippen LogP contribution < -0.4 is 14.2 Å². The number of fused-ring (bicyclic) bond motifs is 1. The molecule has 1 aliphatic rings. The fourth-order valence-electron chi connectivity index (χ4n) is 2.63. The summed E-state index contributed by atoms with van der Waals surface area (Å²) in [5.74, 6) is -0.0332. The first-order chi connectivity index (χ1) is 13.9. The Morgan fingerprint density at radius 2 is 1.76 bits per heavy atom. The maximum absolute atomic E-state index is 12.2. The summed E-state index contributed by atoms with van der Waals surface area (Å²) in [5.41, 5.74) is 0.958. The Kier molecular flexibility index (Phi) is 6.48. The van der Waals surface area contributed by atoms with Crippen molar-refractivity contribution in [2.45, 2.75) is 13.2 Å². The molecule has 2 aromatic rings. The van der Waals surface area contributed by atoms with Gasteiger partial charge in [0.1, 0.15) is 19.0 Å². The van der Waals surface area contributed by atoms with Gasteiger partial charge in [-0.2, -0.15) is 8.78 Å². The Bertz CT molecular complexity index is 872. The third kappa shape index (κ3) is 5.56. The molecule has 0 spiro atoms. The second-order valence-corrected chi connectivity index (χ2v) is 6.21. The van der Waals surface area contributed by atoms with Gasteiger partial charge in [-0.25, -0.2) is 4.79 Å². The van der Waals surface area contributed by atoms with Gasteiger partial charge in [0.2, 0.25) is 0 Å². The Morgan fingerprint density at radius 1 is 1.07 bits per heavy atom. The van der Waals surface area contributed by atoms with E-state index >= 15 is 0 Å². The molecule has 154 valence electrons. The highest BCUT2D eigenvalue weighted by Gasteiger charge is 2.18. The number of nitrogens with zero attached hydrogens (tertiary/aromatic N) is 1. The highest BCUT2D eigenvalue weighted by atomic mass is 19.3. The third-order valence-electron chi connectivity index (χ3n) is 4.10. The Labute approximate surface area is 165 Å². The highest BCUT2D eigenvalue weighted by Crippen LogP contribution is 2.30. The molecule has 0 saturated heterocycles. The second kappa shape index (κ2) is 9.22. The topological polar surface area (TPSA) is 74.3 Å². The molecule has 0 atom stereocenters. The van der Waals surface area contributed by atoms with Gasteiger partial charge in [0, 0.05) is 13.6 Å². The van der Waals surface area contributed by atoms with E-state index in [0.29, 0.717) is 30.3 Å². The fourth-order valence-corrected chi connectivity index (χ4v) is 2.63. The fraction of sp³-hybridized carbons (Fsp3) is 0.300. The van der Waals surface area contributed by atoms with Crippen molar-refractivity contribution in [1.82, 2.24) is 4.90 Å². The smallest absolute Gasteiger partial charge is 0.387 e. The van der Waals surface area contributed by atoms with Gasteiger partial charge in [0.25, 0.3) is 5.91 Å². The van der Waals surface area contributed by atoms with Crippen LogP contribution in [0.25, 0.3) is 0 Å². The molecule has 0 aromatic heterocycles. The van der Waals surface area contributed by atoms with Crippen molar-refractivity contribution in [3.63, 3.8) is 0 Å². The van der Waals surface area contributed by atoms with Crippen LogP contribution in [0.4, 0.5) is 8.78 Å². The van der Waals surface area contributed by atoms with Gasteiger partial charge >= 0.3 is 12.6 Å². The van der Waals surface area contributed by atoms with E-state index in [9.17, 15) is 18.4 Å². The first-order valence-electron chi connectivity index (χ1n) is 8.77. The van der Waals surface area contributed by atoms with Gasteiger partial charge in [-0.05, 0) is 35.9 Å². The average Bonchev–Trinajstić information content (AvgIpc) is 2.72. The number of hydrogen-bond donors (Lipinski definition) is 0. The first kappa shape index (κ1) is 20.4. The molecule has 0 aliphatic carbocycles. The monoisotopic (exact) mass is 407 g/mol. The molecule has 0 radical (unpaired) electrons. The van der Waals surface area contributed by atoms with Crippen LogP contribution in [-0.4, -0.2) is 50.3 Å². The zero-order chi connectivity index (χ0) is 20.8. The van der Waals surface area contributed by atoms with E-state index in [1.165, 1.54) is 29.2 Å². The zero-order valence-corrected chi connectivity index (χ0v) is 15.6. The van der Waals surface area contributed by atoms with Crippen molar-refractivity contribution < 1.29 is 37.3 Å². The number of amides is 1. The van der Waals surface area contributed by atoms with Gasteiger partial charge in [0.05, 0.1) is 5.56 Å². The number of likely N-dealkylation sites (N-methyl/N-ethyl adjacent to an activating group) is 1. The molecule has 1 heterocycles. The number of halogens is 2. The summed E-state index contributed by atoms with van der Waals surface area (Å²) in [6.45, 7) is -2.27. The third-order valence-corrected chi connectivity index (χ3v) is 4.10. The lowest BCUT2D eigenvalue weighted by atomic mass is 10.2. The maximum atomic E-state index is 12.2. The number of ether oxygens (including phenoxy) is 4. The van der Waals surface area contributed by atoms with Crippen molar-refractivity contribution in [3.05, 3.63) is 53.6 Å². The number of esters is 1. The number of carbonyl (C=O) groups excluding carboxylic acids is 2. The molecule has 0 fully saturated rings. The molecule has 1 amide bonds. The predicted octanol–water partition coefficient (Wildman–Crippen LogP) is 2.87. The standard InChI is InChI=1S/C20H19F2NO6/c1-23(11-13-2-5-15(6-3-13)29-20(21)22)18(24)12-28-19(25)14-4-7-16-17(10-14)27-9-8-26-16/h2-7,10,20H,8-9,11-12H2,1H3. The molecular formula is C20H19F2NO6. The average molecular weight is 407 g/mol. The molecule has 1 aliphatic heterocycles. The van der Waals surface area contributed by atoms with Gasteiger partial charge < -0.3 is 23.8 Å². The van der Waals surface area contributed by atoms with Gasteiger partial charge in [-0.15, -0.1) is 0 Å². The Hall–Kier alpha value is -3.36. The van der Waals surface area contributed by atoms with Crippen molar-refractivity contribution >= 4 is 11.9 Å². The SMILES string of the molecule is CN(Cc1ccc(OC(F)F)cc1)C(=O)COC(=O)c1ccc2c(c1)OCCO2. The lowest BCUT2D eigenvalue weighted by Crippen LogP contribution is -2.30. The van der Waals surface area contributed by atoms with E-state index in [1.807, 2.05) is 0 Å². The molecule has 0 unspecified atom stereocenters. The summed E-state index contributed by atoms with van der Waals surface area (Å²) in [6, 6.07) is 10.6. The number of alkyl halides is 2. The highest BCUT2D eigenvalue weighted by molar-refractivity contribution is 5.92. The molecule has 0 N–H and O–H groups in total. The van der Waals surface area contributed by atoms with Gasteiger partial charge in [-0.3, -0.25) is 4.79 Å². The van der Waals surface area contributed by atoms with Gasteiger partial charge in [-0.1, -0.05) is 12.1 Å². The first-order valence-corrected chi connectivity index (χ1v) is 8.77. The van der Waals surface area contributed by atoms with E-state index in [4.69, 9.17) is 14.2 Å². The number of hydrogen-bond acceptors (Lipinski definition) is 6. The zero-order valence-electron chi connectivity index (χ0n) is 15.6. The van der Waals surface area contributed by atoms with Gasteiger partial charge in [0.15, 0.2) is 18.1 Å². The van der Waals surface area contributed by atoms with E-state index in [2.05, 4.69) is 4.74 Å². The minimum atomic E-state index is -2.89. The van der Waals surface area contributed by atoms with Crippen molar-refractivity contribution in [3.8, 4) is 17.2 Å². The van der Waals surface area contributed by atoms with Crippen molar-refractivity contribution in [2.24, 2.45) is 0 Å². The Morgan fingerprint density at radius 3 is 2.45 bits per heavy atom. The molecular weight excluding hydrogens is 388 g/mol. The summed E-state index contributed by atoms with van der Waals surface area (Å²) >= 11 is 0. The number of rotatable bonds is 7. The number of benzene rings is 2. The van der Waals surface area contributed by atoms with E-state index in [0.717, 1.165) is 0 Å². The molecule has 0 bridgehead atoms. The van der Waals surface area contributed by atoms with E-state index < -0.39 is 25.1 Å². The van der Waals surface area contributed by atoms with Crippen LogP contribution in [0.3, 0.4) is 0 Å². The summed E-state index contributed by atoms with van der Waals surface area (Å²) in [5, 5.41) is 0. The molecule has 9 heteroatoms. The minimum Gasteiger partial charge on any atom is -0.486 e. The summed E-state index contributed by atoms with van der Waals surface area (Å²) in [7, 11) is 1.55. The predicted molar refractivity (Wildman–Crippen MR) is 97.3 cm³/mol. The van der Waals surface area contributed by atoms with Crippen LogP contribution in [0.2, 0.25) is 0 Å². The second-order valence-electron chi connectivity index (χ2n) is 6.21. The lowest BCUT2D eigenvalue weighted by Gasteiger charge is -2.19. The van der Waals surface area contributed by atoms with Crippen LogP contribution in [0.5, 0.6) is 17.2 Å². The van der Waals surface area contributed by atoms with Crippen LogP contribution in [0, 0.1) is 0 Å². The molecule has 7 nitrogen and oxygen atoms in total. The van der Waals surface area contributed by atoms with Crippen molar-refractivity contribution in [1.29, 1.82) is 0 Å². The Balaban J connectivity index is 1.50. The van der Waals surface area contributed by atoms with Crippen molar-refractivity contribution in [2.75, 3.05) is 26.9 Å². The largest absolute Gasteiger partial charge is 0.486 e. The summed E-state index contributed by atoms with van der Waals surface area (Å²) in [4.78, 5) is 25.7. The molecule has 3 rings (SSSR count). The molecule has 0 saturated carbocycles. The quantitative estimate of drug-likeness (QED) is 0.657. The maximum Gasteiger partial charge on any atom is 0.387 e. The minimum absolute atomic E-state index is 0.0334. The molecule has 2 aromatic carbocycles. The number of carbonyl (C=O) groups is 2. The van der Waals surface area contributed by atoms with Crippen LogP contribution in [-0.2, 0) is 16.1 Å².